The Bertz CT molecular complexity index is 1410. The minimum atomic E-state index is 0.236. The molecule has 0 aromatic heterocycles. The van der Waals surface area contributed by atoms with Crippen molar-refractivity contribution in [3.63, 3.8) is 0 Å². The molecule has 158 valence electrons. The van der Waals surface area contributed by atoms with E-state index in [-0.39, 0.29) is 11.5 Å². The Morgan fingerprint density at radius 2 is 1.59 bits per heavy atom. The number of aryl methyl sites for hydroxylation is 1. The fourth-order valence-electron chi connectivity index (χ4n) is 4.80. The van der Waals surface area contributed by atoms with Crippen molar-refractivity contribution in [2.24, 2.45) is 0 Å². The van der Waals surface area contributed by atoms with Crippen LogP contribution in [-0.2, 0) is 6.42 Å². The highest BCUT2D eigenvalue weighted by Crippen LogP contribution is 2.43. The van der Waals surface area contributed by atoms with Gasteiger partial charge in [-0.25, -0.2) is 0 Å². The third-order valence-electron chi connectivity index (χ3n) is 6.40. The summed E-state index contributed by atoms with van der Waals surface area (Å²) < 4.78 is 0. The number of carbonyl (C=O) groups excluding carboxylic acids is 1. The largest absolute Gasteiger partial charge is 0.507 e. The molecule has 0 bridgehead atoms. The number of fused-ring (bicyclic) bond motifs is 5. The molecule has 3 heteroatoms. The second-order valence-corrected chi connectivity index (χ2v) is 8.30. The van der Waals surface area contributed by atoms with E-state index in [4.69, 9.17) is 0 Å². The molecule has 2 aliphatic rings. The van der Waals surface area contributed by atoms with Crippen molar-refractivity contribution in [1.29, 1.82) is 0 Å². The molecule has 4 aromatic carbocycles. The van der Waals surface area contributed by atoms with Crippen LogP contribution in [-0.4, -0.2) is 16.5 Å². The lowest BCUT2D eigenvalue weighted by atomic mass is 9.79. The van der Waals surface area contributed by atoms with Crippen LogP contribution in [0.5, 0.6) is 11.5 Å². The van der Waals surface area contributed by atoms with Crippen molar-refractivity contribution in [3.05, 3.63) is 101 Å². The van der Waals surface area contributed by atoms with Crippen molar-refractivity contribution in [2.45, 2.75) is 25.7 Å². The Hall–Kier alpha value is -3.85. The van der Waals surface area contributed by atoms with Crippen molar-refractivity contribution >= 4 is 33.4 Å². The summed E-state index contributed by atoms with van der Waals surface area (Å²) in [7, 11) is 0. The average molecular weight is 421 g/mol. The highest BCUT2D eigenvalue weighted by atomic mass is 16.3. The number of phenolic OH excluding ortho intramolecular Hbond substituents is 2. The van der Waals surface area contributed by atoms with Crippen molar-refractivity contribution < 1.29 is 15.0 Å². The minimum Gasteiger partial charge on any atom is -0.507 e. The number of aromatic hydroxyl groups is 2. The number of phenols is 2. The first-order chi connectivity index (χ1) is 15.7. The van der Waals surface area contributed by atoms with Gasteiger partial charge in [-0.15, -0.1) is 0 Å². The van der Waals surface area contributed by atoms with E-state index in [0.717, 1.165) is 53.7 Å². The fourth-order valence-corrected chi connectivity index (χ4v) is 4.80. The van der Waals surface area contributed by atoms with Crippen LogP contribution in [0.25, 0.3) is 27.1 Å². The minimum absolute atomic E-state index is 0.236. The molecule has 0 fully saturated rings. The summed E-state index contributed by atoms with van der Waals surface area (Å²) in [6.07, 6.45) is 9.58. The van der Waals surface area contributed by atoms with Gasteiger partial charge in [-0.05, 0) is 77.4 Å². The summed E-state index contributed by atoms with van der Waals surface area (Å²) in [6, 6.07) is 20.8. The Kier molecular flexibility index (Phi) is 5.24. The molecular weight excluding hydrogens is 396 g/mol. The first-order valence-electron chi connectivity index (χ1n) is 10.9. The molecular formula is C29H24O3. The quantitative estimate of drug-likeness (QED) is 0.259. The molecule has 0 amide bonds. The highest BCUT2D eigenvalue weighted by Gasteiger charge is 2.22. The lowest BCUT2D eigenvalue weighted by molar-refractivity contribution is 0.112. The predicted octanol–water partition coefficient (Wildman–Crippen LogP) is 6.95. The van der Waals surface area contributed by atoms with Crippen LogP contribution >= 0.6 is 0 Å². The Morgan fingerprint density at radius 3 is 2.44 bits per heavy atom. The number of benzene rings is 4. The maximum atomic E-state index is 10.5. The number of allylic oxidation sites excluding steroid dienone is 4. The van der Waals surface area contributed by atoms with Crippen molar-refractivity contribution in [1.82, 2.24) is 0 Å². The molecule has 32 heavy (non-hydrogen) atoms. The van der Waals surface area contributed by atoms with Gasteiger partial charge in [0.05, 0.1) is 0 Å². The van der Waals surface area contributed by atoms with Crippen LogP contribution < -0.4 is 0 Å². The topological polar surface area (TPSA) is 57.5 Å². The summed E-state index contributed by atoms with van der Waals surface area (Å²) in [5.74, 6) is 0.498. The van der Waals surface area contributed by atoms with Crippen LogP contribution in [0, 0.1) is 0 Å². The maximum Gasteiger partial charge on any atom is 0.150 e. The third-order valence-corrected chi connectivity index (χ3v) is 6.40. The molecule has 0 aliphatic heterocycles. The number of hydrogen-bond donors (Lipinski definition) is 2. The summed E-state index contributed by atoms with van der Waals surface area (Å²) in [5, 5.41) is 24.0. The Balaban J connectivity index is 0.000000154. The molecule has 0 unspecified atom stereocenters. The van der Waals surface area contributed by atoms with Crippen LogP contribution in [0.15, 0.2) is 84.5 Å². The van der Waals surface area contributed by atoms with Gasteiger partial charge in [-0.1, -0.05) is 60.2 Å². The molecule has 4 aromatic rings. The number of hydrogen-bond acceptors (Lipinski definition) is 3. The van der Waals surface area contributed by atoms with E-state index in [9.17, 15) is 15.0 Å². The summed E-state index contributed by atoms with van der Waals surface area (Å²) in [6.45, 7) is 0. The smallest absolute Gasteiger partial charge is 0.150 e. The van der Waals surface area contributed by atoms with Crippen LogP contribution in [0.1, 0.15) is 40.7 Å². The van der Waals surface area contributed by atoms with Crippen LogP contribution in [0.2, 0.25) is 0 Å². The van der Waals surface area contributed by atoms with Crippen LogP contribution in [0.4, 0.5) is 0 Å². The standard InChI is InChI=1S/C18H16O2.C11H8O/c19-16-9-10-17(20)18-14-6-5-11-3-1-2-4-12(11)13(14)7-8-15(16)18;12-8-9-5-6-10-3-1-2-4-11(10)7-9/h2,4,7-10,19-20H,1,3,5-6H2;1-8H. The van der Waals surface area contributed by atoms with Gasteiger partial charge in [-0.2, -0.15) is 0 Å². The van der Waals surface area contributed by atoms with Gasteiger partial charge in [-0.3, -0.25) is 4.79 Å². The van der Waals surface area contributed by atoms with E-state index in [1.54, 1.807) is 12.1 Å². The molecule has 0 saturated carbocycles. The van der Waals surface area contributed by atoms with Gasteiger partial charge >= 0.3 is 0 Å². The second kappa shape index (κ2) is 8.35. The summed E-state index contributed by atoms with van der Waals surface area (Å²) in [4.78, 5) is 10.5. The van der Waals surface area contributed by atoms with Gasteiger partial charge in [0, 0.05) is 16.3 Å². The molecule has 2 aliphatic carbocycles. The molecule has 0 heterocycles. The predicted molar refractivity (Wildman–Crippen MR) is 130 cm³/mol. The van der Waals surface area contributed by atoms with E-state index in [2.05, 4.69) is 18.2 Å². The van der Waals surface area contributed by atoms with Crippen molar-refractivity contribution in [3.8, 4) is 11.5 Å². The van der Waals surface area contributed by atoms with E-state index in [1.165, 1.54) is 27.7 Å². The normalized spacial score (nSPS) is 14.5. The molecule has 0 spiro atoms. The monoisotopic (exact) mass is 420 g/mol. The van der Waals surface area contributed by atoms with Crippen LogP contribution in [0.3, 0.4) is 0 Å². The van der Waals surface area contributed by atoms with Gasteiger partial charge in [0.1, 0.15) is 17.8 Å². The fraction of sp³-hybridized carbons (Fsp3) is 0.138. The molecule has 6 rings (SSSR count). The van der Waals surface area contributed by atoms with Gasteiger partial charge < -0.3 is 10.2 Å². The highest BCUT2D eigenvalue weighted by molar-refractivity contribution is 6.00. The molecule has 2 N–H and O–H groups in total. The Labute approximate surface area is 187 Å². The number of carbonyl (C=O) groups is 1. The number of aldehydes is 1. The zero-order valence-corrected chi connectivity index (χ0v) is 17.7. The van der Waals surface area contributed by atoms with E-state index >= 15 is 0 Å². The van der Waals surface area contributed by atoms with Gasteiger partial charge in [0.25, 0.3) is 0 Å². The molecule has 0 atom stereocenters. The zero-order valence-electron chi connectivity index (χ0n) is 17.7. The first-order valence-corrected chi connectivity index (χ1v) is 10.9. The second-order valence-electron chi connectivity index (χ2n) is 8.30. The average Bonchev–Trinajstić information content (AvgIpc) is 2.85. The maximum absolute atomic E-state index is 10.5. The summed E-state index contributed by atoms with van der Waals surface area (Å²) >= 11 is 0. The number of rotatable bonds is 1. The summed E-state index contributed by atoms with van der Waals surface area (Å²) in [5.41, 5.74) is 5.96. The van der Waals surface area contributed by atoms with Crippen molar-refractivity contribution in [2.75, 3.05) is 0 Å². The SMILES string of the molecule is O=Cc1ccc2ccccc2c1.Oc1ccc(O)c2c3c(ccc12)C1=C(CCC=C1)CC3. The van der Waals surface area contributed by atoms with Gasteiger partial charge in [0.2, 0.25) is 0 Å². The van der Waals surface area contributed by atoms with E-state index in [0.29, 0.717) is 0 Å². The van der Waals surface area contributed by atoms with E-state index in [1.807, 2.05) is 48.5 Å². The lowest BCUT2D eigenvalue weighted by Gasteiger charge is -2.25. The molecule has 0 radical (unpaired) electrons. The van der Waals surface area contributed by atoms with E-state index < -0.39 is 0 Å². The Morgan fingerprint density at radius 1 is 0.781 bits per heavy atom. The zero-order chi connectivity index (χ0) is 22.1. The lowest BCUT2D eigenvalue weighted by Crippen LogP contribution is -2.07. The molecule has 0 saturated heterocycles. The third kappa shape index (κ3) is 3.56. The molecule has 3 nitrogen and oxygen atoms in total. The first kappa shape index (κ1) is 20.1. The van der Waals surface area contributed by atoms with Gasteiger partial charge in [0.15, 0.2) is 0 Å².